The van der Waals surface area contributed by atoms with Crippen molar-refractivity contribution in [3.63, 3.8) is 0 Å². The van der Waals surface area contributed by atoms with Gasteiger partial charge in [0.15, 0.2) is 0 Å². The van der Waals surface area contributed by atoms with Crippen LogP contribution >= 0.6 is 22.7 Å². The molecule has 29 heavy (non-hydrogen) atoms. The van der Waals surface area contributed by atoms with Crippen LogP contribution in [0.25, 0.3) is 20.1 Å². The number of hydrogen-bond donors (Lipinski definition) is 2. The number of aromatic nitrogens is 1. The standard InChI is InChI=1S/C21H17N3O3S2/c1-27-21(26)23-14-8-6-13(7-9-14)12-22-19(25)17-10-11-18(28-17)20-24-15-4-2-3-5-16(15)29-20/h2-11H,12H2,1H3,(H,22,25)(H,23,26). The first kappa shape index (κ1) is 19.1. The van der Waals surface area contributed by atoms with Crippen molar-refractivity contribution < 1.29 is 14.3 Å². The molecule has 6 nitrogen and oxygen atoms in total. The third-order valence-electron chi connectivity index (χ3n) is 4.17. The Morgan fingerprint density at radius 2 is 1.79 bits per heavy atom. The van der Waals surface area contributed by atoms with E-state index in [1.165, 1.54) is 18.4 Å². The zero-order valence-electron chi connectivity index (χ0n) is 15.5. The quantitative estimate of drug-likeness (QED) is 0.466. The normalized spacial score (nSPS) is 10.7. The number of rotatable bonds is 5. The third kappa shape index (κ3) is 4.44. The molecule has 0 aliphatic carbocycles. The van der Waals surface area contributed by atoms with E-state index < -0.39 is 6.09 Å². The first-order chi connectivity index (χ1) is 14.1. The summed E-state index contributed by atoms with van der Waals surface area (Å²) in [5.41, 5.74) is 2.53. The summed E-state index contributed by atoms with van der Waals surface area (Å²) in [5.74, 6) is -0.126. The fourth-order valence-corrected chi connectivity index (χ4v) is 4.64. The number of fused-ring (bicyclic) bond motifs is 1. The smallest absolute Gasteiger partial charge is 0.411 e. The molecule has 4 rings (SSSR count). The third-order valence-corrected chi connectivity index (χ3v) is 6.46. The highest BCUT2D eigenvalue weighted by Crippen LogP contribution is 2.34. The van der Waals surface area contributed by atoms with Crippen molar-refractivity contribution in [1.29, 1.82) is 0 Å². The van der Waals surface area contributed by atoms with Crippen molar-refractivity contribution in [1.82, 2.24) is 10.3 Å². The predicted octanol–water partition coefficient (Wildman–Crippen LogP) is 5.13. The van der Waals surface area contributed by atoms with Crippen LogP contribution in [-0.2, 0) is 11.3 Å². The molecule has 0 saturated carbocycles. The second kappa shape index (κ2) is 8.42. The molecule has 8 heteroatoms. The second-order valence-electron chi connectivity index (χ2n) is 6.15. The monoisotopic (exact) mass is 423 g/mol. The molecule has 2 heterocycles. The first-order valence-electron chi connectivity index (χ1n) is 8.80. The summed E-state index contributed by atoms with van der Waals surface area (Å²) in [6.07, 6.45) is -0.521. The van der Waals surface area contributed by atoms with Gasteiger partial charge in [0.05, 0.1) is 27.1 Å². The molecule has 2 amide bonds. The average Bonchev–Trinajstić information content (AvgIpc) is 3.40. The van der Waals surface area contributed by atoms with E-state index in [1.54, 1.807) is 23.5 Å². The number of hydrogen-bond acceptors (Lipinski definition) is 6. The Bertz CT molecular complexity index is 1130. The van der Waals surface area contributed by atoms with E-state index >= 15 is 0 Å². The van der Waals surface area contributed by atoms with E-state index in [0.29, 0.717) is 17.1 Å². The van der Waals surface area contributed by atoms with Crippen molar-refractivity contribution in [3.8, 4) is 9.88 Å². The van der Waals surface area contributed by atoms with Gasteiger partial charge in [0.25, 0.3) is 5.91 Å². The molecule has 0 saturated heterocycles. The minimum atomic E-state index is -0.521. The number of nitrogens with one attached hydrogen (secondary N) is 2. The Kier molecular flexibility index (Phi) is 5.55. The summed E-state index contributed by atoms with van der Waals surface area (Å²) in [5, 5.41) is 6.43. The van der Waals surface area contributed by atoms with Crippen LogP contribution in [-0.4, -0.2) is 24.1 Å². The van der Waals surface area contributed by atoms with Gasteiger partial charge < -0.3 is 10.1 Å². The highest BCUT2D eigenvalue weighted by molar-refractivity contribution is 7.26. The molecular formula is C21H17N3O3S2. The zero-order valence-corrected chi connectivity index (χ0v) is 17.1. The number of thiazole rings is 1. The van der Waals surface area contributed by atoms with E-state index in [0.717, 1.165) is 25.7 Å². The molecule has 0 radical (unpaired) electrons. The Labute approximate surface area is 175 Å². The number of methoxy groups -OCH3 is 1. The minimum absolute atomic E-state index is 0.126. The molecule has 0 fully saturated rings. The van der Waals surface area contributed by atoms with Gasteiger partial charge in [-0.3, -0.25) is 10.1 Å². The number of anilines is 1. The van der Waals surface area contributed by atoms with Crippen molar-refractivity contribution in [3.05, 3.63) is 71.1 Å². The lowest BCUT2D eigenvalue weighted by atomic mass is 10.2. The second-order valence-corrected chi connectivity index (χ2v) is 8.26. The molecule has 2 aromatic heterocycles. The van der Waals surface area contributed by atoms with Crippen LogP contribution in [0.4, 0.5) is 10.5 Å². The van der Waals surface area contributed by atoms with Gasteiger partial charge >= 0.3 is 6.09 Å². The minimum Gasteiger partial charge on any atom is -0.453 e. The van der Waals surface area contributed by atoms with E-state index in [4.69, 9.17) is 0 Å². The van der Waals surface area contributed by atoms with Gasteiger partial charge in [0, 0.05) is 12.2 Å². The Balaban J connectivity index is 1.38. The highest BCUT2D eigenvalue weighted by Gasteiger charge is 2.13. The number of carbonyl (C=O) groups excluding carboxylic acids is 2. The SMILES string of the molecule is COC(=O)Nc1ccc(CNC(=O)c2ccc(-c3nc4ccccc4s3)s2)cc1. The molecule has 0 unspecified atom stereocenters. The lowest BCUT2D eigenvalue weighted by molar-refractivity contribution is 0.0955. The first-order valence-corrected chi connectivity index (χ1v) is 10.4. The number of ether oxygens (including phenoxy) is 1. The Hall–Kier alpha value is -3.23. The van der Waals surface area contributed by atoms with Crippen molar-refractivity contribution in [2.45, 2.75) is 6.54 Å². The number of para-hydroxylation sites is 1. The summed E-state index contributed by atoms with van der Waals surface area (Å²) in [6.45, 7) is 0.395. The number of nitrogens with zero attached hydrogens (tertiary/aromatic N) is 1. The molecule has 0 aliphatic rings. The topological polar surface area (TPSA) is 80.3 Å². The number of amides is 2. The van der Waals surface area contributed by atoms with Gasteiger partial charge in [-0.25, -0.2) is 9.78 Å². The largest absolute Gasteiger partial charge is 0.453 e. The summed E-state index contributed by atoms with van der Waals surface area (Å²) >= 11 is 3.05. The highest BCUT2D eigenvalue weighted by atomic mass is 32.1. The number of benzene rings is 2. The molecule has 0 spiro atoms. The summed E-state index contributed by atoms with van der Waals surface area (Å²) in [7, 11) is 1.31. The maximum absolute atomic E-state index is 12.5. The fourth-order valence-electron chi connectivity index (χ4n) is 2.70. The van der Waals surface area contributed by atoms with Gasteiger partial charge in [-0.1, -0.05) is 24.3 Å². The van der Waals surface area contributed by atoms with Gasteiger partial charge in [-0.05, 0) is 42.0 Å². The van der Waals surface area contributed by atoms with Crippen LogP contribution in [0.15, 0.2) is 60.7 Å². The van der Waals surface area contributed by atoms with Gasteiger partial charge in [-0.2, -0.15) is 0 Å². The fraction of sp³-hybridized carbons (Fsp3) is 0.0952. The van der Waals surface area contributed by atoms with Crippen LogP contribution < -0.4 is 10.6 Å². The van der Waals surface area contributed by atoms with Crippen LogP contribution in [0.3, 0.4) is 0 Å². The maximum atomic E-state index is 12.5. The van der Waals surface area contributed by atoms with Crippen LogP contribution in [0.1, 0.15) is 15.2 Å². The molecule has 0 atom stereocenters. The van der Waals surface area contributed by atoms with Gasteiger partial charge in [0.2, 0.25) is 0 Å². The predicted molar refractivity (Wildman–Crippen MR) is 117 cm³/mol. The van der Waals surface area contributed by atoms with E-state index in [-0.39, 0.29) is 5.91 Å². The summed E-state index contributed by atoms with van der Waals surface area (Å²) in [6, 6.07) is 19.0. The molecule has 2 aromatic carbocycles. The Morgan fingerprint density at radius 1 is 1.00 bits per heavy atom. The molecule has 0 aliphatic heterocycles. The number of thiophene rings is 1. The van der Waals surface area contributed by atoms with Crippen molar-refractivity contribution >= 4 is 50.6 Å². The number of carbonyl (C=O) groups is 2. The van der Waals surface area contributed by atoms with Crippen molar-refractivity contribution in [2.75, 3.05) is 12.4 Å². The lowest BCUT2D eigenvalue weighted by Gasteiger charge is -2.06. The van der Waals surface area contributed by atoms with Crippen LogP contribution in [0.5, 0.6) is 0 Å². The molecule has 2 N–H and O–H groups in total. The summed E-state index contributed by atoms with van der Waals surface area (Å²) < 4.78 is 5.69. The lowest BCUT2D eigenvalue weighted by Crippen LogP contribution is -2.21. The molecule has 146 valence electrons. The molecular weight excluding hydrogens is 406 g/mol. The van der Waals surface area contributed by atoms with Crippen LogP contribution in [0, 0.1) is 0 Å². The van der Waals surface area contributed by atoms with E-state index in [9.17, 15) is 9.59 Å². The molecule has 4 aromatic rings. The van der Waals surface area contributed by atoms with E-state index in [1.807, 2.05) is 48.5 Å². The zero-order chi connectivity index (χ0) is 20.2. The van der Waals surface area contributed by atoms with Crippen LogP contribution in [0.2, 0.25) is 0 Å². The van der Waals surface area contributed by atoms with E-state index in [2.05, 4.69) is 20.4 Å². The molecule has 0 bridgehead atoms. The Morgan fingerprint density at radius 3 is 2.55 bits per heavy atom. The maximum Gasteiger partial charge on any atom is 0.411 e. The summed E-state index contributed by atoms with van der Waals surface area (Å²) in [4.78, 5) is 30.0. The van der Waals surface area contributed by atoms with Gasteiger partial charge in [0.1, 0.15) is 5.01 Å². The van der Waals surface area contributed by atoms with Crippen molar-refractivity contribution in [2.24, 2.45) is 0 Å². The van der Waals surface area contributed by atoms with Gasteiger partial charge in [-0.15, -0.1) is 22.7 Å². The average molecular weight is 424 g/mol.